The van der Waals surface area contributed by atoms with Crippen LogP contribution in [-0.4, -0.2) is 22.8 Å². The van der Waals surface area contributed by atoms with Gasteiger partial charge in [0, 0.05) is 28.8 Å². The topological polar surface area (TPSA) is 56.1 Å². The van der Waals surface area contributed by atoms with Gasteiger partial charge >= 0.3 is 0 Å². The van der Waals surface area contributed by atoms with Gasteiger partial charge in [-0.1, -0.05) is 17.7 Å². The molecule has 0 saturated carbocycles. The number of hydrogen-bond donors (Lipinski definition) is 1. The Bertz CT molecular complexity index is 1060. The maximum atomic E-state index is 13.0. The fraction of sp³-hybridized carbons (Fsp3) is 0.238. The minimum Gasteiger partial charge on any atom is -0.495 e. The highest BCUT2D eigenvalue weighted by molar-refractivity contribution is 7.98. The highest BCUT2D eigenvalue weighted by atomic mass is 32.2. The van der Waals surface area contributed by atoms with E-state index < -0.39 is 0 Å². The molecule has 1 N–H and O–H groups in total. The Morgan fingerprint density at radius 2 is 1.93 bits per heavy atom. The second-order valence-electron chi connectivity index (χ2n) is 6.75. The lowest BCUT2D eigenvalue weighted by atomic mass is 10.0. The van der Waals surface area contributed by atoms with Crippen LogP contribution >= 0.6 is 11.8 Å². The van der Waals surface area contributed by atoms with E-state index in [4.69, 9.17) is 4.74 Å². The molecule has 0 atom stereocenters. The Morgan fingerprint density at radius 1 is 1.19 bits per heavy atom. The second-order valence-corrected chi connectivity index (χ2v) is 7.76. The summed E-state index contributed by atoms with van der Waals surface area (Å²) in [7, 11) is 3.49. The number of anilines is 1. The number of thioether (sulfide) groups is 1. The summed E-state index contributed by atoms with van der Waals surface area (Å²) < 4.78 is 7.19. The predicted molar refractivity (Wildman–Crippen MR) is 109 cm³/mol. The number of carbonyl (C=O) groups excluding carboxylic acids is 1. The smallest absolute Gasteiger partial charge is 0.276 e. The molecule has 0 bridgehead atoms. The van der Waals surface area contributed by atoms with E-state index in [2.05, 4.69) is 35.5 Å². The normalized spacial score (nSPS) is 12.3. The first-order valence-corrected chi connectivity index (χ1v) is 9.72. The van der Waals surface area contributed by atoms with Crippen molar-refractivity contribution in [3.05, 3.63) is 58.8 Å². The minimum atomic E-state index is -0.215. The van der Waals surface area contributed by atoms with Crippen LogP contribution in [0.5, 0.6) is 5.75 Å². The summed E-state index contributed by atoms with van der Waals surface area (Å²) in [4.78, 5) is 14.2. The average molecular weight is 379 g/mol. The van der Waals surface area contributed by atoms with Gasteiger partial charge in [0.25, 0.3) is 5.91 Å². The van der Waals surface area contributed by atoms with Crippen molar-refractivity contribution >= 4 is 23.4 Å². The third kappa shape index (κ3) is 3.10. The Labute approximate surface area is 162 Å². The SMILES string of the molecule is COc1ccc(C)cc1NC(=O)c1nn(C)c2c1CSc1ccc(C)cc1-2. The van der Waals surface area contributed by atoms with Gasteiger partial charge in [0.05, 0.1) is 18.5 Å². The van der Waals surface area contributed by atoms with Crippen LogP contribution in [0.1, 0.15) is 27.2 Å². The molecular formula is C21H21N3O2S. The molecule has 0 unspecified atom stereocenters. The lowest BCUT2D eigenvalue weighted by molar-refractivity contribution is 0.102. The summed E-state index contributed by atoms with van der Waals surface area (Å²) in [6, 6.07) is 12.1. The zero-order valence-electron chi connectivity index (χ0n) is 15.8. The van der Waals surface area contributed by atoms with Gasteiger partial charge in [-0.15, -0.1) is 11.8 Å². The Hall–Kier alpha value is -2.73. The molecule has 138 valence electrons. The van der Waals surface area contributed by atoms with Crippen LogP contribution in [0.15, 0.2) is 41.3 Å². The number of amides is 1. The lowest BCUT2D eigenvalue weighted by Gasteiger charge is -2.18. The fourth-order valence-corrected chi connectivity index (χ4v) is 4.48. The Kier molecular flexibility index (Phi) is 4.44. The molecule has 2 aromatic carbocycles. The van der Waals surface area contributed by atoms with Gasteiger partial charge in [-0.3, -0.25) is 9.48 Å². The van der Waals surface area contributed by atoms with E-state index in [-0.39, 0.29) is 5.91 Å². The van der Waals surface area contributed by atoms with Gasteiger partial charge in [0.15, 0.2) is 5.69 Å². The van der Waals surface area contributed by atoms with Crippen LogP contribution in [0.4, 0.5) is 5.69 Å². The summed E-state index contributed by atoms with van der Waals surface area (Å²) in [6.45, 7) is 4.06. The number of methoxy groups -OCH3 is 1. The van der Waals surface area contributed by atoms with E-state index in [1.54, 1.807) is 18.9 Å². The number of nitrogens with zero attached hydrogens (tertiary/aromatic N) is 2. The van der Waals surface area contributed by atoms with Gasteiger partial charge in [-0.25, -0.2) is 0 Å². The van der Waals surface area contributed by atoms with E-state index in [1.165, 1.54) is 10.5 Å². The van der Waals surface area contributed by atoms with Crippen LogP contribution < -0.4 is 10.1 Å². The maximum absolute atomic E-state index is 13.0. The van der Waals surface area contributed by atoms with Crippen molar-refractivity contribution in [3.63, 3.8) is 0 Å². The van der Waals surface area contributed by atoms with Crippen molar-refractivity contribution in [2.24, 2.45) is 7.05 Å². The third-order valence-corrected chi connectivity index (χ3v) is 5.83. The molecule has 0 aliphatic carbocycles. The first-order valence-electron chi connectivity index (χ1n) is 8.73. The molecule has 1 amide bonds. The van der Waals surface area contributed by atoms with Gasteiger partial charge in [-0.05, 0) is 43.7 Å². The summed E-state index contributed by atoms with van der Waals surface area (Å²) >= 11 is 1.74. The van der Waals surface area contributed by atoms with Crippen molar-refractivity contribution in [1.29, 1.82) is 0 Å². The van der Waals surface area contributed by atoms with E-state index in [1.807, 2.05) is 36.9 Å². The van der Waals surface area contributed by atoms with Crippen molar-refractivity contribution in [3.8, 4) is 17.0 Å². The summed E-state index contributed by atoms with van der Waals surface area (Å²) in [5, 5.41) is 7.51. The van der Waals surface area contributed by atoms with Gasteiger partial charge in [0.2, 0.25) is 0 Å². The van der Waals surface area contributed by atoms with Crippen LogP contribution in [-0.2, 0) is 12.8 Å². The molecule has 1 aliphatic rings. The molecule has 0 spiro atoms. The largest absolute Gasteiger partial charge is 0.495 e. The quantitative estimate of drug-likeness (QED) is 0.724. The highest BCUT2D eigenvalue weighted by Gasteiger charge is 2.28. The molecule has 0 fully saturated rings. The van der Waals surface area contributed by atoms with Crippen LogP contribution in [0.3, 0.4) is 0 Å². The summed E-state index contributed by atoms with van der Waals surface area (Å²) in [5.41, 5.74) is 6.51. The van der Waals surface area contributed by atoms with E-state index >= 15 is 0 Å². The molecule has 27 heavy (non-hydrogen) atoms. The number of carbonyl (C=O) groups is 1. The molecule has 1 aromatic heterocycles. The van der Waals surface area contributed by atoms with Crippen molar-refractivity contribution in [2.75, 3.05) is 12.4 Å². The maximum Gasteiger partial charge on any atom is 0.276 e. The van der Waals surface area contributed by atoms with Crippen LogP contribution in [0.2, 0.25) is 0 Å². The standard InChI is InChI=1S/C21H21N3O2S/c1-12-6-8-18-14(9-12)20-15(11-27-18)19(23-24(20)3)21(25)22-16-10-13(2)5-7-17(16)26-4/h5-10H,11H2,1-4H3,(H,22,25). The fourth-order valence-electron chi connectivity index (χ4n) is 3.43. The number of aryl methyl sites for hydroxylation is 3. The van der Waals surface area contributed by atoms with Crippen molar-refractivity contribution < 1.29 is 9.53 Å². The molecule has 4 rings (SSSR count). The molecule has 3 aromatic rings. The monoisotopic (exact) mass is 379 g/mol. The number of hydrogen-bond acceptors (Lipinski definition) is 4. The predicted octanol–water partition coefficient (Wildman–Crippen LogP) is 4.57. The molecule has 0 radical (unpaired) electrons. The zero-order valence-corrected chi connectivity index (χ0v) is 16.6. The van der Waals surface area contributed by atoms with E-state index in [0.717, 1.165) is 28.1 Å². The highest BCUT2D eigenvalue weighted by Crippen LogP contribution is 2.43. The Balaban J connectivity index is 1.74. The zero-order chi connectivity index (χ0) is 19.1. The summed E-state index contributed by atoms with van der Waals surface area (Å²) in [6.07, 6.45) is 0. The molecule has 0 saturated heterocycles. The first kappa shape index (κ1) is 17.7. The van der Waals surface area contributed by atoms with Crippen LogP contribution in [0.25, 0.3) is 11.3 Å². The van der Waals surface area contributed by atoms with Crippen molar-refractivity contribution in [1.82, 2.24) is 9.78 Å². The van der Waals surface area contributed by atoms with E-state index in [9.17, 15) is 4.79 Å². The number of benzene rings is 2. The first-order chi connectivity index (χ1) is 13.0. The number of aromatic nitrogens is 2. The third-order valence-electron chi connectivity index (χ3n) is 4.73. The number of ether oxygens (including phenoxy) is 1. The Morgan fingerprint density at radius 3 is 2.70 bits per heavy atom. The molecule has 6 heteroatoms. The minimum absolute atomic E-state index is 0.215. The van der Waals surface area contributed by atoms with Crippen LogP contribution in [0, 0.1) is 13.8 Å². The van der Waals surface area contributed by atoms with Gasteiger partial charge < -0.3 is 10.1 Å². The lowest BCUT2D eigenvalue weighted by Crippen LogP contribution is -2.15. The van der Waals surface area contributed by atoms with Crippen molar-refractivity contribution in [2.45, 2.75) is 24.5 Å². The summed E-state index contributed by atoms with van der Waals surface area (Å²) in [5.74, 6) is 1.15. The second kappa shape index (κ2) is 6.78. The number of fused-ring (bicyclic) bond motifs is 3. The average Bonchev–Trinajstić information content (AvgIpc) is 2.99. The van der Waals surface area contributed by atoms with E-state index in [0.29, 0.717) is 17.1 Å². The molecule has 2 heterocycles. The number of nitrogens with one attached hydrogen (secondary N) is 1. The molecular weight excluding hydrogens is 358 g/mol. The molecule has 5 nitrogen and oxygen atoms in total. The van der Waals surface area contributed by atoms with Gasteiger partial charge in [0.1, 0.15) is 5.75 Å². The number of rotatable bonds is 3. The van der Waals surface area contributed by atoms with Gasteiger partial charge in [-0.2, -0.15) is 5.10 Å². The molecule has 1 aliphatic heterocycles.